The Balaban J connectivity index is 0.00000300. The highest BCUT2D eigenvalue weighted by atomic mass is 79.9. The highest BCUT2D eigenvalue weighted by Crippen LogP contribution is 2.39. The summed E-state index contributed by atoms with van der Waals surface area (Å²) >= 11 is 0. The van der Waals surface area contributed by atoms with Gasteiger partial charge in [-0.2, -0.15) is 0 Å². The molecule has 0 saturated heterocycles. The van der Waals surface area contributed by atoms with E-state index in [2.05, 4.69) is 16.1 Å². The van der Waals surface area contributed by atoms with E-state index in [1.54, 1.807) is 0 Å². The van der Waals surface area contributed by atoms with Gasteiger partial charge in [0.25, 0.3) is 5.82 Å². The molecule has 1 aromatic carbocycles. The molecule has 0 radical (unpaired) electrons. The predicted molar refractivity (Wildman–Crippen MR) is 107 cm³/mol. The van der Waals surface area contributed by atoms with Gasteiger partial charge in [-0.1, -0.05) is 56.0 Å². The van der Waals surface area contributed by atoms with Crippen molar-refractivity contribution in [3.63, 3.8) is 0 Å². The van der Waals surface area contributed by atoms with E-state index in [-0.39, 0.29) is 22.9 Å². The van der Waals surface area contributed by atoms with Gasteiger partial charge in [0.2, 0.25) is 0 Å². The Kier molecular flexibility index (Phi) is 8.90. The number of aliphatic hydroxyl groups is 1. The number of imidazole rings is 1. The number of ether oxygens (including phenoxy) is 1. The summed E-state index contributed by atoms with van der Waals surface area (Å²) in [6.07, 6.45) is 10.9. The molecule has 29 heavy (non-hydrogen) atoms. The van der Waals surface area contributed by atoms with Crippen molar-refractivity contribution in [1.82, 2.24) is 4.57 Å². The number of hydrogen-bond acceptors (Lipinski definition) is 3. The Morgan fingerprint density at radius 2 is 1.86 bits per heavy atom. The number of hydrogen-bond donors (Lipinski definition) is 1. The van der Waals surface area contributed by atoms with Crippen molar-refractivity contribution in [1.29, 1.82) is 0 Å². The van der Waals surface area contributed by atoms with E-state index in [1.165, 1.54) is 12.8 Å². The molecule has 1 atom stereocenters. The fourth-order valence-corrected chi connectivity index (χ4v) is 4.25. The predicted octanol–water partition coefficient (Wildman–Crippen LogP) is 0.417. The van der Waals surface area contributed by atoms with Gasteiger partial charge in [0.1, 0.15) is 12.4 Å². The van der Waals surface area contributed by atoms with Crippen LogP contribution in [0.5, 0.6) is 0 Å². The molecular formula is C23H33BrN2O3. The first kappa shape index (κ1) is 23.6. The van der Waals surface area contributed by atoms with Crippen LogP contribution in [0.2, 0.25) is 0 Å². The van der Waals surface area contributed by atoms with E-state index in [1.807, 2.05) is 49.8 Å². The van der Waals surface area contributed by atoms with Gasteiger partial charge >= 0.3 is 5.97 Å². The van der Waals surface area contributed by atoms with Crippen molar-refractivity contribution in [2.45, 2.75) is 64.0 Å². The molecule has 160 valence electrons. The second-order valence-electron chi connectivity index (χ2n) is 7.96. The highest BCUT2D eigenvalue weighted by Gasteiger charge is 2.46. The van der Waals surface area contributed by atoms with Crippen LogP contribution in [0.15, 0.2) is 42.7 Å². The third-order valence-corrected chi connectivity index (χ3v) is 6.14. The lowest BCUT2D eigenvalue weighted by Crippen LogP contribution is -3.00. The second kappa shape index (κ2) is 10.9. The molecule has 1 heterocycles. The molecule has 0 aliphatic heterocycles. The van der Waals surface area contributed by atoms with Gasteiger partial charge in [-0.15, -0.1) is 0 Å². The molecule has 1 aromatic heterocycles. The topological polar surface area (TPSA) is 55.3 Å². The van der Waals surface area contributed by atoms with Gasteiger partial charge in [0.05, 0.1) is 20.2 Å². The molecule has 6 heteroatoms. The Labute approximate surface area is 184 Å². The maximum absolute atomic E-state index is 13.1. The molecule has 0 amide bonds. The molecule has 1 N–H and O–H groups in total. The minimum atomic E-state index is -1.55. The smallest absolute Gasteiger partial charge is 0.343 e. The molecule has 3 rings (SSSR count). The molecule has 2 aromatic rings. The Bertz CT molecular complexity index is 770. The van der Waals surface area contributed by atoms with Crippen LogP contribution in [0, 0.1) is 12.8 Å². The monoisotopic (exact) mass is 464 g/mol. The number of benzene rings is 1. The number of aromatic nitrogens is 2. The third-order valence-electron chi connectivity index (χ3n) is 6.14. The number of aryl methyl sites for hydroxylation is 2. The first-order chi connectivity index (χ1) is 13.5. The lowest BCUT2D eigenvalue weighted by atomic mass is 9.77. The van der Waals surface area contributed by atoms with E-state index in [9.17, 15) is 9.90 Å². The van der Waals surface area contributed by atoms with Crippen LogP contribution in [0.1, 0.15) is 56.3 Å². The Hall–Kier alpha value is -1.66. The lowest BCUT2D eigenvalue weighted by molar-refractivity contribution is -0.677. The average Bonchev–Trinajstić information content (AvgIpc) is 2.93. The van der Waals surface area contributed by atoms with Gasteiger partial charge in [-0.25, -0.2) is 13.9 Å². The Morgan fingerprint density at radius 1 is 1.21 bits per heavy atom. The maximum Gasteiger partial charge on any atom is 0.343 e. The number of halogens is 1. The zero-order chi connectivity index (χ0) is 20.0. The normalized spacial score (nSPS) is 17.1. The molecule has 1 unspecified atom stereocenters. The van der Waals surface area contributed by atoms with Crippen molar-refractivity contribution >= 4 is 5.97 Å². The number of rotatable bonds is 7. The van der Waals surface area contributed by atoms with Gasteiger partial charge in [-0.3, -0.25) is 0 Å². The first-order valence-corrected chi connectivity index (χ1v) is 10.5. The molecule has 1 aliphatic carbocycles. The number of nitrogens with zero attached hydrogens (tertiary/aromatic N) is 2. The Morgan fingerprint density at radius 3 is 2.45 bits per heavy atom. The number of esters is 1. The van der Waals surface area contributed by atoms with Crippen LogP contribution < -0.4 is 21.5 Å². The molecule has 5 nitrogen and oxygen atoms in total. The molecule has 1 saturated carbocycles. The van der Waals surface area contributed by atoms with Crippen molar-refractivity contribution in [3.05, 3.63) is 54.1 Å². The van der Waals surface area contributed by atoms with Crippen molar-refractivity contribution in [2.24, 2.45) is 13.0 Å². The summed E-state index contributed by atoms with van der Waals surface area (Å²) in [4.78, 5) is 13.1. The standard InChI is InChI=1S/C23H33N2O3.BrH/c1-19-24(2)16-17-25(19)15-10-18-28-22(26)23(27,21-13-8-5-9-14-21)20-11-6-3-4-7-12-20;/h5,8-9,13-14,16-17,20,27H,3-4,6-7,10-12,15,18H2,1-2H3;1H/q+1;/p-1. The van der Waals surface area contributed by atoms with Crippen LogP contribution >= 0.6 is 0 Å². The zero-order valence-electron chi connectivity index (χ0n) is 17.5. The van der Waals surface area contributed by atoms with Crippen LogP contribution in [-0.4, -0.2) is 22.2 Å². The summed E-state index contributed by atoms with van der Waals surface area (Å²) in [6, 6.07) is 9.34. The zero-order valence-corrected chi connectivity index (χ0v) is 19.1. The van der Waals surface area contributed by atoms with Crippen molar-refractivity contribution in [2.75, 3.05) is 6.61 Å². The van der Waals surface area contributed by atoms with E-state index in [0.717, 1.165) is 44.5 Å². The minimum absolute atomic E-state index is 0. The summed E-state index contributed by atoms with van der Waals surface area (Å²) in [6.45, 7) is 3.15. The van der Waals surface area contributed by atoms with Crippen LogP contribution in [0.3, 0.4) is 0 Å². The fraction of sp³-hybridized carbons (Fsp3) is 0.565. The van der Waals surface area contributed by atoms with Gasteiger partial charge in [-0.05, 0) is 18.4 Å². The quantitative estimate of drug-likeness (QED) is 0.279. The molecular weight excluding hydrogens is 432 g/mol. The summed E-state index contributed by atoms with van der Waals surface area (Å²) in [5, 5.41) is 11.6. The average molecular weight is 465 g/mol. The van der Waals surface area contributed by atoms with E-state index >= 15 is 0 Å². The fourth-order valence-electron chi connectivity index (χ4n) is 4.25. The SMILES string of the molecule is Cc1n(CCCOC(=O)C(O)(c2ccccc2)C2CCCCCC2)cc[n+]1C.[Br-]. The van der Waals surface area contributed by atoms with E-state index < -0.39 is 11.6 Å². The van der Waals surface area contributed by atoms with Gasteiger partial charge in [0, 0.05) is 19.3 Å². The lowest BCUT2D eigenvalue weighted by Gasteiger charge is -2.34. The minimum Gasteiger partial charge on any atom is -1.00 e. The van der Waals surface area contributed by atoms with Crippen LogP contribution in [0.4, 0.5) is 0 Å². The van der Waals surface area contributed by atoms with Crippen LogP contribution in [-0.2, 0) is 28.7 Å². The van der Waals surface area contributed by atoms with Crippen LogP contribution in [0.25, 0.3) is 0 Å². The summed E-state index contributed by atoms with van der Waals surface area (Å²) in [5.41, 5.74) is -0.901. The van der Waals surface area contributed by atoms with Gasteiger partial charge < -0.3 is 26.8 Å². The number of carbonyl (C=O) groups excluding carboxylic acids is 1. The third kappa shape index (κ3) is 5.48. The highest BCUT2D eigenvalue weighted by molar-refractivity contribution is 5.81. The molecule has 0 spiro atoms. The second-order valence-corrected chi connectivity index (χ2v) is 7.96. The largest absolute Gasteiger partial charge is 1.00 e. The van der Waals surface area contributed by atoms with E-state index in [4.69, 9.17) is 4.74 Å². The van der Waals surface area contributed by atoms with Crippen molar-refractivity contribution in [3.8, 4) is 0 Å². The summed E-state index contributed by atoms with van der Waals surface area (Å²) < 4.78 is 9.82. The molecule has 0 bridgehead atoms. The molecule has 1 aliphatic rings. The maximum atomic E-state index is 13.1. The number of carbonyl (C=O) groups is 1. The summed E-state index contributed by atoms with van der Waals surface area (Å²) in [5.74, 6) is 0.571. The summed E-state index contributed by atoms with van der Waals surface area (Å²) in [7, 11) is 2.01. The molecule has 1 fully saturated rings. The van der Waals surface area contributed by atoms with Crippen molar-refractivity contribution < 1.29 is 36.2 Å². The van der Waals surface area contributed by atoms with E-state index in [0.29, 0.717) is 12.2 Å². The van der Waals surface area contributed by atoms with Gasteiger partial charge in [0.15, 0.2) is 5.60 Å². The first-order valence-electron chi connectivity index (χ1n) is 10.5.